The summed E-state index contributed by atoms with van der Waals surface area (Å²) in [5.74, 6) is 2.16. The van der Waals surface area contributed by atoms with Crippen LogP contribution in [0.2, 0.25) is 0 Å². The van der Waals surface area contributed by atoms with Crippen LogP contribution in [0.5, 0.6) is 17.2 Å². The van der Waals surface area contributed by atoms with E-state index in [1.165, 1.54) is 0 Å². The summed E-state index contributed by atoms with van der Waals surface area (Å²) in [7, 11) is 1.62. The van der Waals surface area contributed by atoms with Crippen LogP contribution in [-0.2, 0) is 0 Å². The number of hydrogen-bond donors (Lipinski definition) is 0. The Morgan fingerprint density at radius 3 is 2.35 bits per heavy atom. The largest absolute Gasteiger partial charge is 0.493 e. The summed E-state index contributed by atoms with van der Waals surface area (Å²) in [6.07, 6.45) is 0.506. The average molecular weight is 270 g/mol. The summed E-state index contributed by atoms with van der Waals surface area (Å²) in [6.45, 7) is 3.85. The van der Waals surface area contributed by atoms with Gasteiger partial charge in [0.1, 0.15) is 5.75 Å². The normalized spacial score (nSPS) is 10.2. The summed E-state index contributed by atoms with van der Waals surface area (Å²) in [5.41, 5.74) is 1.81. The van der Waals surface area contributed by atoms with Crippen molar-refractivity contribution in [2.45, 2.75) is 20.3 Å². The quantitative estimate of drug-likeness (QED) is 0.756. The zero-order valence-corrected chi connectivity index (χ0v) is 12.0. The molecule has 0 N–H and O–H groups in total. The predicted molar refractivity (Wildman–Crippen MR) is 78.9 cm³/mol. The Kier molecular flexibility index (Phi) is 4.41. The lowest BCUT2D eigenvalue weighted by Crippen LogP contribution is -1.96. The SMILES string of the molecule is CCC(=O)c1ccc(Oc2ccc(C)cc2OC)cc1. The lowest BCUT2D eigenvalue weighted by Gasteiger charge is -2.11. The van der Waals surface area contributed by atoms with E-state index in [4.69, 9.17) is 9.47 Å². The molecule has 104 valence electrons. The number of Topliss-reactive ketones (excluding diaryl/α,β-unsaturated/α-hetero) is 1. The molecule has 0 amide bonds. The van der Waals surface area contributed by atoms with E-state index in [9.17, 15) is 4.79 Å². The van der Waals surface area contributed by atoms with Gasteiger partial charge < -0.3 is 9.47 Å². The Morgan fingerprint density at radius 2 is 1.75 bits per heavy atom. The van der Waals surface area contributed by atoms with Crippen molar-refractivity contribution < 1.29 is 14.3 Å². The van der Waals surface area contributed by atoms with E-state index in [0.717, 1.165) is 5.56 Å². The minimum absolute atomic E-state index is 0.129. The first-order valence-electron chi connectivity index (χ1n) is 6.59. The molecule has 0 unspecified atom stereocenters. The molecule has 2 aromatic rings. The minimum atomic E-state index is 0.129. The Balaban J connectivity index is 2.20. The van der Waals surface area contributed by atoms with Crippen LogP contribution >= 0.6 is 0 Å². The van der Waals surface area contributed by atoms with Crippen molar-refractivity contribution in [3.8, 4) is 17.2 Å². The summed E-state index contributed by atoms with van der Waals surface area (Å²) in [4.78, 5) is 11.6. The van der Waals surface area contributed by atoms with Crippen LogP contribution in [0.25, 0.3) is 0 Å². The molecule has 0 bridgehead atoms. The van der Waals surface area contributed by atoms with Crippen molar-refractivity contribution in [3.63, 3.8) is 0 Å². The standard InChI is InChI=1S/C17H18O3/c1-4-15(18)13-6-8-14(9-7-13)20-16-10-5-12(2)11-17(16)19-3/h5-11H,4H2,1-3H3. The van der Waals surface area contributed by atoms with Crippen LogP contribution in [0.4, 0.5) is 0 Å². The number of carbonyl (C=O) groups is 1. The second kappa shape index (κ2) is 6.24. The monoisotopic (exact) mass is 270 g/mol. The van der Waals surface area contributed by atoms with Gasteiger partial charge in [-0.05, 0) is 48.9 Å². The van der Waals surface area contributed by atoms with Crippen LogP contribution in [-0.4, -0.2) is 12.9 Å². The molecule has 0 aliphatic rings. The molecule has 0 aromatic heterocycles. The van der Waals surface area contributed by atoms with Crippen LogP contribution < -0.4 is 9.47 Å². The molecule has 0 saturated carbocycles. The van der Waals surface area contributed by atoms with E-state index in [-0.39, 0.29) is 5.78 Å². The maximum absolute atomic E-state index is 11.6. The van der Waals surface area contributed by atoms with E-state index in [2.05, 4.69) is 0 Å². The maximum atomic E-state index is 11.6. The Bertz CT molecular complexity index is 600. The van der Waals surface area contributed by atoms with Gasteiger partial charge in [-0.25, -0.2) is 0 Å². The molecular formula is C17H18O3. The fraction of sp³-hybridized carbons (Fsp3) is 0.235. The van der Waals surface area contributed by atoms with Gasteiger partial charge in [-0.3, -0.25) is 4.79 Å². The van der Waals surface area contributed by atoms with Gasteiger partial charge in [0.25, 0.3) is 0 Å². The van der Waals surface area contributed by atoms with Crippen molar-refractivity contribution in [1.82, 2.24) is 0 Å². The number of rotatable bonds is 5. The second-order valence-corrected chi connectivity index (χ2v) is 4.56. The number of hydrogen-bond acceptors (Lipinski definition) is 3. The van der Waals surface area contributed by atoms with Crippen molar-refractivity contribution in [1.29, 1.82) is 0 Å². The number of methoxy groups -OCH3 is 1. The topological polar surface area (TPSA) is 35.5 Å². The van der Waals surface area contributed by atoms with Crippen molar-refractivity contribution >= 4 is 5.78 Å². The molecule has 3 nitrogen and oxygen atoms in total. The van der Waals surface area contributed by atoms with E-state index in [1.54, 1.807) is 31.4 Å². The molecule has 0 aliphatic carbocycles. The third-order valence-electron chi connectivity index (χ3n) is 3.04. The van der Waals surface area contributed by atoms with Crippen molar-refractivity contribution in [2.24, 2.45) is 0 Å². The molecule has 0 heterocycles. The highest BCUT2D eigenvalue weighted by atomic mass is 16.5. The van der Waals surface area contributed by atoms with Gasteiger partial charge in [-0.15, -0.1) is 0 Å². The van der Waals surface area contributed by atoms with Gasteiger partial charge in [0.2, 0.25) is 0 Å². The summed E-state index contributed by atoms with van der Waals surface area (Å²) in [5, 5.41) is 0. The lowest BCUT2D eigenvalue weighted by atomic mass is 10.1. The Hall–Kier alpha value is -2.29. The fourth-order valence-corrected chi connectivity index (χ4v) is 1.90. The average Bonchev–Trinajstić information content (AvgIpc) is 2.49. The van der Waals surface area contributed by atoms with Gasteiger partial charge >= 0.3 is 0 Å². The highest BCUT2D eigenvalue weighted by Crippen LogP contribution is 2.32. The smallest absolute Gasteiger partial charge is 0.169 e. The first-order chi connectivity index (χ1) is 9.63. The minimum Gasteiger partial charge on any atom is -0.493 e. The molecule has 0 saturated heterocycles. The van der Waals surface area contributed by atoms with Crippen LogP contribution in [0.3, 0.4) is 0 Å². The molecule has 2 aromatic carbocycles. The number of ketones is 1. The first-order valence-corrected chi connectivity index (χ1v) is 6.59. The maximum Gasteiger partial charge on any atom is 0.169 e. The number of aryl methyl sites for hydroxylation is 1. The van der Waals surface area contributed by atoms with Gasteiger partial charge in [-0.1, -0.05) is 13.0 Å². The van der Waals surface area contributed by atoms with Crippen molar-refractivity contribution in [3.05, 3.63) is 53.6 Å². The summed E-state index contributed by atoms with van der Waals surface area (Å²) in [6, 6.07) is 12.9. The molecule has 20 heavy (non-hydrogen) atoms. The Morgan fingerprint density at radius 1 is 1.05 bits per heavy atom. The van der Waals surface area contributed by atoms with Crippen LogP contribution in [0.1, 0.15) is 29.3 Å². The molecular weight excluding hydrogens is 252 g/mol. The third-order valence-corrected chi connectivity index (χ3v) is 3.04. The predicted octanol–water partition coefficient (Wildman–Crippen LogP) is 4.39. The highest BCUT2D eigenvalue weighted by Gasteiger charge is 2.07. The highest BCUT2D eigenvalue weighted by molar-refractivity contribution is 5.95. The molecule has 0 fully saturated rings. The van der Waals surface area contributed by atoms with Gasteiger partial charge in [0, 0.05) is 12.0 Å². The second-order valence-electron chi connectivity index (χ2n) is 4.56. The Labute approximate surface area is 119 Å². The summed E-state index contributed by atoms with van der Waals surface area (Å²) >= 11 is 0. The van der Waals surface area contributed by atoms with Gasteiger partial charge in [-0.2, -0.15) is 0 Å². The first kappa shape index (κ1) is 14.1. The van der Waals surface area contributed by atoms with Gasteiger partial charge in [0.15, 0.2) is 17.3 Å². The zero-order chi connectivity index (χ0) is 14.5. The molecule has 0 aliphatic heterocycles. The number of ether oxygens (including phenoxy) is 2. The molecule has 2 rings (SSSR count). The molecule has 0 atom stereocenters. The van der Waals surface area contributed by atoms with E-state index < -0.39 is 0 Å². The molecule has 0 radical (unpaired) electrons. The van der Waals surface area contributed by atoms with Crippen LogP contribution in [0.15, 0.2) is 42.5 Å². The van der Waals surface area contributed by atoms with Gasteiger partial charge in [0.05, 0.1) is 7.11 Å². The fourth-order valence-electron chi connectivity index (χ4n) is 1.90. The van der Waals surface area contributed by atoms with E-state index in [0.29, 0.717) is 29.2 Å². The van der Waals surface area contributed by atoms with Crippen LogP contribution in [0, 0.1) is 6.92 Å². The molecule has 3 heteroatoms. The number of carbonyl (C=O) groups excluding carboxylic acids is 1. The van der Waals surface area contributed by atoms with E-state index in [1.807, 2.05) is 32.0 Å². The lowest BCUT2D eigenvalue weighted by molar-refractivity contribution is 0.0988. The molecule has 0 spiro atoms. The van der Waals surface area contributed by atoms with E-state index >= 15 is 0 Å². The number of benzene rings is 2. The summed E-state index contributed by atoms with van der Waals surface area (Å²) < 4.78 is 11.1. The van der Waals surface area contributed by atoms with Crippen molar-refractivity contribution in [2.75, 3.05) is 7.11 Å². The zero-order valence-electron chi connectivity index (χ0n) is 12.0. The third kappa shape index (κ3) is 3.18.